The molecule has 62 heavy (non-hydrogen) atoms. The highest BCUT2D eigenvalue weighted by Gasteiger charge is 2.42. The molecule has 336 valence electrons. The number of hydrazine groups is 1. The Kier molecular flexibility index (Phi) is 15.3. The van der Waals surface area contributed by atoms with Gasteiger partial charge < -0.3 is 24.3 Å². The lowest BCUT2D eigenvalue weighted by atomic mass is 9.96. The van der Waals surface area contributed by atoms with E-state index < -0.39 is 31.8 Å². The van der Waals surface area contributed by atoms with E-state index in [4.69, 9.17) is 33.9 Å². The first-order valence-corrected chi connectivity index (χ1v) is 24.6. The Morgan fingerprint density at radius 3 is 2.45 bits per heavy atom. The van der Waals surface area contributed by atoms with E-state index >= 15 is 4.39 Å². The molecule has 0 unspecified atom stereocenters. The number of amides is 1. The van der Waals surface area contributed by atoms with Crippen molar-refractivity contribution in [3.63, 3.8) is 0 Å². The van der Waals surface area contributed by atoms with Crippen molar-refractivity contribution >= 4 is 41.7 Å². The minimum atomic E-state index is -2.15. The van der Waals surface area contributed by atoms with E-state index in [1.54, 1.807) is 24.4 Å². The van der Waals surface area contributed by atoms with Gasteiger partial charge in [-0.2, -0.15) is 9.97 Å². The minimum absolute atomic E-state index is 0.00865. The molecule has 1 N–H and O–H groups in total. The number of hydrogen-bond donors (Lipinski definition) is 1. The average molecular weight is 873 g/mol. The minimum Gasteiger partial charge on any atom is -0.468 e. The van der Waals surface area contributed by atoms with Crippen molar-refractivity contribution in [2.24, 2.45) is 5.92 Å². The van der Waals surface area contributed by atoms with Gasteiger partial charge in [-0.1, -0.05) is 59.6 Å². The van der Waals surface area contributed by atoms with Crippen LogP contribution < -0.4 is 19.8 Å². The number of anilines is 1. The SMILES string of the molecule is COCOc1cc(-c2ncc3c(N4CCCCCN4C(=O)OC(C)(C)C)nc(OC[C@@H]4CCCNC[C@H](F)C4)nc3c2F)c2c(C#C[Si](C(C)C)(C(C)C)C(C)C)cccc2c1. The van der Waals surface area contributed by atoms with E-state index in [-0.39, 0.29) is 42.4 Å². The molecule has 11 nitrogen and oxygen atoms in total. The lowest BCUT2D eigenvalue weighted by molar-refractivity contribution is 0.0232. The van der Waals surface area contributed by atoms with E-state index in [0.717, 1.165) is 55.0 Å². The molecular formula is C48H66F2N6O5Si. The summed E-state index contributed by atoms with van der Waals surface area (Å²) in [5, 5.41) is 8.27. The lowest BCUT2D eigenvalue weighted by Crippen LogP contribution is -2.49. The highest BCUT2D eigenvalue weighted by atomic mass is 28.3. The van der Waals surface area contributed by atoms with Crippen LogP contribution in [0.1, 0.15) is 106 Å². The van der Waals surface area contributed by atoms with Crippen LogP contribution in [0, 0.1) is 23.2 Å². The van der Waals surface area contributed by atoms with Crippen LogP contribution in [-0.4, -0.2) is 92.6 Å². The number of carbonyl (C=O) groups excluding carboxylic acids is 1. The molecule has 2 fully saturated rings. The van der Waals surface area contributed by atoms with E-state index in [9.17, 15) is 9.18 Å². The number of carbonyl (C=O) groups is 1. The Morgan fingerprint density at radius 1 is 1.00 bits per heavy atom. The number of ether oxygens (including phenoxy) is 4. The van der Waals surface area contributed by atoms with Gasteiger partial charge in [0.25, 0.3) is 0 Å². The number of benzene rings is 2. The van der Waals surface area contributed by atoms with Crippen molar-refractivity contribution in [1.29, 1.82) is 0 Å². The van der Waals surface area contributed by atoms with Crippen molar-refractivity contribution in [3.8, 4) is 34.5 Å². The average Bonchev–Trinajstić information content (AvgIpc) is 3.46. The van der Waals surface area contributed by atoms with Crippen LogP contribution in [-0.2, 0) is 9.47 Å². The predicted octanol–water partition coefficient (Wildman–Crippen LogP) is 10.8. The van der Waals surface area contributed by atoms with Crippen molar-refractivity contribution in [2.75, 3.05) is 51.7 Å². The molecule has 2 aromatic heterocycles. The first-order valence-electron chi connectivity index (χ1n) is 22.4. The Bertz CT molecular complexity index is 2230. The van der Waals surface area contributed by atoms with Crippen molar-refractivity contribution < 1.29 is 32.5 Å². The summed E-state index contributed by atoms with van der Waals surface area (Å²) in [6.45, 7) is 21.1. The van der Waals surface area contributed by atoms with Gasteiger partial charge >= 0.3 is 12.1 Å². The number of rotatable bonds is 11. The second-order valence-corrected chi connectivity index (χ2v) is 24.3. The highest BCUT2D eigenvalue weighted by Crippen LogP contribution is 2.42. The van der Waals surface area contributed by atoms with Crippen LogP contribution in [0.15, 0.2) is 36.5 Å². The largest absolute Gasteiger partial charge is 0.468 e. The first-order chi connectivity index (χ1) is 29.5. The third-order valence-electron chi connectivity index (χ3n) is 12.2. The molecule has 0 bridgehead atoms. The third-order valence-corrected chi connectivity index (χ3v) is 18.5. The van der Waals surface area contributed by atoms with Gasteiger partial charge in [0.1, 0.15) is 36.8 Å². The summed E-state index contributed by atoms with van der Waals surface area (Å²) in [4.78, 5) is 28.2. The molecule has 0 saturated carbocycles. The second-order valence-electron chi connectivity index (χ2n) is 18.7. The van der Waals surface area contributed by atoms with Gasteiger partial charge in [-0.25, -0.2) is 18.6 Å². The van der Waals surface area contributed by atoms with Gasteiger partial charge in [0.05, 0.1) is 12.0 Å². The summed E-state index contributed by atoms with van der Waals surface area (Å²) in [5.41, 5.74) is 5.62. The summed E-state index contributed by atoms with van der Waals surface area (Å²) >= 11 is 0. The number of pyridine rings is 1. The van der Waals surface area contributed by atoms with Crippen LogP contribution in [0.2, 0.25) is 16.6 Å². The summed E-state index contributed by atoms with van der Waals surface area (Å²) in [5.74, 6) is 3.58. The summed E-state index contributed by atoms with van der Waals surface area (Å²) in [6, 6.07) is 9.52. The van der Waals surface area contributed by atoms with E-state index in [1.165, 1.54) is 5.01 Å². The quantitative estimate of drug-likeness (QED) is 0.0888. The summed E-state index contributed by atoms with van der Waals surface area (Å²) < 4.78 is 56.1. The molecule has 4 heterocycles. The van der Waals surface area contributed by atoms with Crippen LogP contribution in [0.4, 0.5) is 19.4 Å². The van der Waals surface area contributed by atoms with Crippen molar-refractivity contribution in [2.45, 2.75) is 129 Å². The molecule has 2 atom stereocenters. The molecule has 14 heteroatoms. The van der Waals surface area contributed by atoms with E-state index in [0.29, 0.717) is 59.4 Å². The fraction of sp³-hybridized carbons (Fsp3) is 0.583. The first kappa shape index (κ1) is 46.9. The van der Waals surface area contributed by atoms with Crippen molar-refractivity contribution in [3.05, 3.63) is 47.9 Å². The zero-order chi connectivity index (χ0) is 44.8. The molecule has 6 rings (SSSR count). The molecule has 0 aliphatic carbocycles. The Labute approximate surface area is 367 Å². The van der Waals surface area contributed by atoms with Crippen LogP contribution in [0.25, 0.3) is 32.9 Å². The molecule has 2 aromatic carbocycles. The summed E-state index contributed by atoms with van der Waals surface area (Å²) in [6.07, 6.45) is 4.32. The standard InChI is InChI=1S/C48H66F2N6O5Si/c1-31(2)62(32(3)4,33(5)6)23-19-35-17-14-18-36-25-38(60-30-58-10)26-39(41(35)36)43-42(50)44-40(28-52-43)45(55-21-12-11-13-22-56(55)47(57)61-48(7,8)9)54-46(53-44)59-29-34-16-15-20-51-27-37(49)24-34/h14,17-18,25-26,28,31-34,37,51H,11-13,15-16,20-22,24,27,29-30H2,1-10H3/t34-,37-/m1/s1. The molecule has 0 spiro atoms. The molecule has 0 radical (unpaired) electrons. The fourth-order valence-corrected chi connectivity index (χ4v) is 14.5. The maximum Gasteiger partial charge on any atom is 0.429 e. The number of aromatic nitrogens is 3. The predicted molar refractivity (Wildman–Crippen MR) is 245 cm³/mol. The van der Waals surface area contributed by atoms with Crippen LogP contribution >= 0.6 is 0 Å². The molecule has 4 aromatic rings. The highest BCUT2D eigenvalue weighted by molar-refractivity contribution is 6.90. The van der Waals surface area contributed by atoms with Gasteiger partial charge in [-0.15, -0.1) is 5.54 Å². The number of nitrogens with zero attached hydrogens (tertiary/aromatic N) is 5. The van der Waals surface area contributed by atoms with E-state index in [1.807, 2.05) is 45.0 Å². The lowest BCUT2D eigenvalue weighted by Gasteiger charge is -2.38. The molecule has 2 saturated heterocycles. The molecular weight excluding hydrogens is 807 g/mol. The number of nitrogens with one attached hydrogen (secondary N) is 1. The van der Waals surface area contributed by atoms with Crippen LogP contribution in [0.5, 0.6) is 11.8 Å². The number of halogens is 2. The van der Waals surface area contributed by atoms with Crippen molar-refractivity contribution in [1.82, 2.24) is 25.3 Å². The topological polar surface area (TPSA) is 111 Å². The molecule has 2 aliphatic heterocycles. The fourth-order valence-electron chi connectivity index (χ4n) is 9.33. The van der Waals surface area contributed by atoms with Gasteiger partial charge in [0.15, 0.2) is 18.4 Å². The zero-order valence-electron chi connectivity index (χ0n) is 38.4. The summed E-state index contributed by atoms with van der Waals surface area (Å²) in [7, 11) is -0.603. The van der Waals surface area contributed by atoms with Gasteiger partial charge in [0, 0.05) is 49.5 Å². The van der Waals surface area contributed by atoms with Gasteiger partial charge in [-0.05, 0) is 112 Å². The zero-order valence-corrected chi connectivity index (χ0v) is 39.4. The van der Waals surface area contributed by atoms with E-state index in [2.05, 4.69) is 58.3 Å². The molecule has 2 aliphatic rings. The normalized spacial score (nSPS) is 18.1. The number of alkyl halides is 1. The molecule has 1 amide bonds. The van der Waals surface area contributed by atoms with Gasteiger partial charge in [-0.3, -0.25) is 9.99 Å². The second kappa shape index (κ2) is 20.3. The smallest absolute Gasteiger partial charge is 0.429 e. The number of fused-ring (bicyclic) bond motifs is 2. The monoisotopic (exact) mass is 872 g/mol. The number of hydrogen-bond acceptors (Lipinski definition) is 10. The van der Waals surface area contributed by atoms with Crippen LogP contribution in [0.3, 0.4) is 0 Å². The maximum absolute atomic E-state index is 17.8. The Balaban J connectivity index is 1.57. The maximum atomic E-state index is 17.8. The Hall–Kier alpha value is -4.58. The number of methoxy groups -OCH3 is 1. The third kappa shape index (κ3) is 10.6. The Morgan fingerprint density at radius 2 is 1.74 bits per heavy atom. The van der Waals surface area contributed by atoms with Gasteiger partial charge in [0.2, 0.25) is 0 Å².